The lowest BCUT2D eigenvalue weighted by atomic mass is 10.1. The molecule has 0 bridgehead atoms. The highest BCUT2D eigenvalue weighted by atomic mass is 35.5. The number of aromatic amines is 1. The van der Waals surface area contributed by atoms with Crippen molar-refractivity contribution in [2.75, 3.05) is 0 Å². The molecule has 0 aliphatic rings. The maximum Gasteiger partial charge on any atom is 0.266 e. The summed E-state index contributed by atoms with van der Waals surface area (Å²) in [5, 5.41) is 20.2. The number of phenols is 1. The molecule has 0 fully saturated rings. The molecule has 1 atom stereocenters. The Bertz CT molecular complexity index is 1400. The van der Waals surface area contributed by atoms with Crippen LogP contribution in [0.3, 0.4) is 0 Å². The van der Waals surface area contributed by atoms with Gasteiger partial charge in [0.1, 0.15) is 11.8 Å². The van der Waals surface area contributed by atoms with Crippen LogP contribution < -0.4 is 5.48 Å². The molecule has 4 N–H and O–H groups in total. The van der Waals surface area contributed by atoms with Gasteiger partial charge in [-0.05, 0) is 71.1 Å². The van der Waals surface area contributed by atoms with E-state index >= 15 is 0 Å². The Morgan fingerprint density at radius 1 is 1.06 bits per heavy atom. The minimum Gasteiger partial charge on any atom is -0.508 e. The smallest absolute Gasteiger partial charge is 0.266 e. The van der Waals surface area contributed by atoms with Gasteiger partial charge in [-0.15, -0.1) is 0 Å². The predicted octanol–water partition coefficient (Wildman–Crippen LogP) is 3.96. The highest BCUT2D eigenvalue weighted by Crippen LogP contribution is 2.32. The van der Waals surface area contributed by atoms with Gasteiger partial charge in [0, 0.05) is 23.3 Å². The van der Waals surface area contributed by atoms with Gasteiger partial charge in [-0.25, -0.2) is 13.9 Å². The van der Waals surface area contributed by atoms with E-state index in [0.29, 0.717) is 10.6 Å². The van der Waals surface area contributed by atoms with Crippen LogP contribution in [0, 0.1) is 0 Å². The largest absolute Gasteiger partial charge is 0.508 e. The number of halogens is 1. The second-order valence-corrected chi connectivity index (χ2v) is 9.70. The summed E-state index contributed by atoms with van der Waals surface area (Å²) < 4.78 is 28.4. The molecular formula is C23H20ClN3O5S. The van der Waals surface area contributed by atoms with Crippen molar-refractivity contribution in [1.82, 2.24) is 14.8 Å². The molecule has 1 amide bonds. The number of aromatic hydroxyl groups is 1. The van der Waals surface area contributed by atoms with Crippen molar-refractivity contribution in [3.63, 3.8) is 0 Å². The molecule has 0 aliphatic carbocycles. The molecule has 0 unspecified atom stereocenters. The van der Waals surface area contributed by atoms with Crippen LogP contribution in [-0.2, 0) is 21.4 Å². The molecule has 0 saturated carbocycles. The highest BCUT2D eigenvalue weighted by molar-refractivity contribution is 7.89. The molecule has 1 heterocycles. The summed E-state index contributed by atoms with van der Waals surface area (Å²) in [6, 6.07) is 17.0. The molecule has 33 heavy (non-hydrogen) atoms. The third kappa shape index (κ3) is 4.71. The molecule has 0 spiro atoms. The van der Waals surface area contributed by atoms with E-state index in [9.17, 15) is 23.5 Å². The number of rotatable bonds is 7. The average molecular weight is 486 g/mol. The number of hydroxylamine groups is 1. The number of benzene rings is 3. The Balaban J connectivity index is 1.87. The van der Waals surface area contributed by atoms with Crippen LogP contribution in [0.25, 0.3) is 10.9 Å². The van der Waals surface area contributed by atoms with Crippen LogP contribution in [-0.4, -0.2) is 33.9 Å². The standard InChI is InChI=1S/C23H20ClN3O5S/c24-18-3-1-2-17(13-18)22(23(29)26-30)27(33(31,32)20-7-5-19(28)6-8-20)14-15-4-9-21-16(12-15)10-11-25-21/h1-13,22,25,28,30H,14H2,(H,26,29)/t22-/m1/s1. The van der Waals surface area contributed by atoms with E-state index in [2.05, 4.69) is 4.98 Å². The van der Waals surface area contributed by atoms with Crippen molar-refractivity contribution in [3.05, 3.63) is 95.1 Å². The Morgan fingerprint density at radius 3 is 2.52 bits per heavy atom. The molecular weight excluding hydrogens is 466 g/mol. The number of aromatic nitrogens is 1. The third-order valence-electron chi connectivity index (χ3n) is 5.21. The Hall–Kier alpha value is -3.37. The molecule has 8 nitrogen and oxygen atoms in total. The summed E-state index contributed by atoms with van der Waals surface area (Å²) in [4.78, 5) is 15.8. The summed E-state index contributed by atoms with van der Waals surface area (Å²) in [6.07, 6.45) is 1.77. The number of hydrogen-bond donors (Lipinski definition) is 4. The minimum absolute atomic E-state index is 0.0992. The fraction of sp³-hybridized carbons (Fsp3) is 0.0870. The van der Waals surface area contributed by atoms with Crippen LogP contribution in [0.1, 0.15) is 17.2 Å². The summed E-state index contributed by atoms with van der Waals surface area (Å²) in [5.41, 5.74) is 3.36. The van der Waals surface area contributed by atoms with E-state index in [1.165, 1.54) is 30.3 Å². The fourth-order valence-electron chi connectivity index (χ4n) is 3.64. The van der Waals surface area contributed by atoms with Crippen molar-refractivity contribution in [1.29, 1.82) is 0 Å². The Labute approximate surface area is 195 Å². The van der Waals surface area contributed by atoms with E-state index in [0.717, 1.165) is 15.2 Å². The molecule has 3 aromatic carbocycles. The van der Waals surface area contributed by atoms with Crippen LogP contribution in [0.4, 0.5) is 0 Å². The number of sulfonamides is 1. The molecule has 170 valence electrons. The van der Waals surface area contributed by atoms with Crippen LogP contribution >= 0.6 is 11.6 Å². The number of phenolic OH excluding ortho intramolecular Hbond substituents is 1. The third-order valence-corrected chi connectivity index (χ3v) is 7.27. The Kier molecular flexibility index (Phi) is 6.39. The number of nitrogens with zero attached hydrogens (tertiary/aromatic N) is 1. The molecule has 1 aromatic heterocycles. The fourth-order valence-corrected chi connectivity index (χ4v) is 5.40. The van der Waals surface area contributed by atoms with Crippen molar-refractivity contribution in [2.24, 2.45) is 0 Å². The number of fused-ring (bicyclic) bond motifs is 1. The molecule has 4 aromatic rings. The molecule has 0 aliphatic heterocycles. The SMILES string of the molecule is O=C(NO)[C@@H](c1cccc(Cl)c1)N(Cc1ccc2[nH]ccc2c1)S(=O)(=O)c1ccc(O)cc1. The number of nitrogens with one attached hydrogen (secondary N) is 2. The maximum absolute atomic E-state index is 13.7. The first kappa shape index (κ1) is 22.8. The molecule has 10 heteroatoms. The van der Waals surface area contributed by atoms with Gasteiger partial charge < -0.3 is 10.1 Å². The second kappa shape index (κ2) is 9.24. The molecule has 0 radical (unpaired) electrons. The van der Waals surface area contributed by atoms with E-state index < -0.39 is 22.0 Å². The Morgan fingerprint density at radius 2 is 1.82 bits per heavy atom. The normalized spacial score (nSPS) is 12.7. The van der Waals surface area contributed by atoms with Crippen molar-refractivity contribution in [2.45, 2.75) is 17.5 Å². The highest BCUT2D eigenvalue weighted by Gasteiger charge is 2.37. The van der Waals surface area contributed by atoms with Gasteiger partial charge in [0.05, 0.1) is 4.90 Å². The van der Waals surface area contributed by atoms with Crippen molar-refractivity contribution >= 4 is 38.4 Å². The first-order chi connectivity index (χ1) is 15.8. The quantitative estimate of drug-likeness (QED) is 0.233. The average Bonchev–Trinajstić information content (AvgIpc) is 3.27. The first-order valence-electron chi connectivity index (χ1n) is 9.86. The topological polar surface area (TPSA) is 123 Å². The van der Waals surface area contributed by atoms with Gasteiger partial charge in [0.2, 0.25) is 10.0 Å². The van der Waals surface area contributed by atoms with Crippen LogP contribution in [0.15, 0.2) is 83.9 Å². The lowest BCUT2D eigenvalue weighted by Crippen LogP contribution is -2.42. The zero-order valence-corrected chi connectivity index (χ0v) is 18.7. The van der Waals surface area contributed by atoms with Gasteiger partial charge in [0.15, 0.2) is 0 Å². The lowest BCUT2D eigenvalue weighted by Gasteiger charge is -2.30. The van der Waals surface area contributed by atoms with Crippen LogP contribution in [0.5, 0.6) is 5.75 Å². The maximum atomic E-state index is 13.7. The van der Waals surface area contributed by atoms with Gasteiger partial charge in [-0.2, -0.15) is 4.31 Å². The van der Waals surface area contributed by atoms with E-state index in [1.54, 1.807) is 35.9 Å². The van der Waals surface area contributed by atoms with Crippen molar-refractivity contribution < 1.29 is 23.5 Å². The van der Waals surface area contributed by atoms with Crippen molar-refractivity contribution in [3.8, 4) is 5.75 Å². The number of hydrogen-bond acceptors (Lipinski definition) is 5. The van der Waals surface area contributed by atoms with Gasteiger partial charge in [-0.3, -0.25) is 10.0 Å². The van der Waals surface area contributed by atoms with E-state index in [4.69, 9.17) is 11.6 Å². The molecule has 4 rings (SSSR count). The number of carbonyl (C=O) groups excluding carboxylic acids is 1. The van der Waals surface area contributed by atoms with Gasteiger partial charge >= 0.3 is 0 Å². The summed E-state index contributed by atoms with van der Waals surface area (Å²) in [5.74, 6) is -1.04. The van der Waals surface area contributed by atoms with E-state index in [-0.39, 0.29) is 22.8 Å². The van der Waals surface area contributed by atoms with Crippen LogP contribution in [0.2, 0.25) is 5.02 Å². The summed E-state index contributed by atoms with van der Waals surface area (Å²) in [6.45, 7) is -0.172. The summed E-state index contributed by atoms with van der Waals surface area (Å²) in [7, 11) is -4.27. The van der Waals surface area contributed by atoms with Gasteiger partial charge in [0.25, 0.3) is 5.91 Å². The monoisotopic (exact) mass is 485 g/mol. The summed E-state index contributed by atoms with van der Waals surface area (Å²) >= 11 is 6.11. The zero-order chi connectivity index (χ0) is 23.6. The minimum atomic E-state index is -4.27. The first-order valence-corrected chi connectivity index (χ1v) is 11.7. The number of H-pyrrole nitrogens is 1. The lowest BCUT2D eigenvalue weighted by molar-refractivity contribution is -0.133. The second-order valence-electron chi connectivity index (χ2n) is 7.38. The number of carbonyl (C=O) groups is 1. The number of amides is 1. The zero-order valence-electron chi connectivity index (χ0n) is 17.1. The predicted molar refractivity (Wildman–Crippen MR) is 123 cm³/mol. The van der Waals surface area contributed by atoms with E-state index in [1.807, 2.05) is 18.2 Å². The molecule has 0 saturated heterocycles. The van der Waals surface area contributed by atoms with Gasteiger partial charge in [-0.1, -0.05) is 29.8 Å².